The number of anilines is 1. The van der Waals surface area contributed by atoms with Crippen LogP contribution in [0.25, 0.3) is 22.0 Å². The van der Waals surface area contributed by atoms with Gasteiger partial charge in [-0.15, -0.1) is 0 Å². The lowest BCUT2D eigenvalue weighted by Crippen LogP contribution is -2.44. The number of para-hydroxylation sites is 2. The summed E-state index contributed by atoms with van der Waals surface area (Å²) in [6.07, 6.45) is 2.29. The number of fused-ring (bicyclic) bond motifs is 1. The van der Waals surface area contributed by atoms with Crippen LogP contribution in [0.4, 0.5) is 5.69 Å². The molecule has 5 heteroatoms. The number of benzene rings is 3. The van der Waals surface area contributed by atoms with Crippen molar-refractivity contribution in [3.05, 3.63) is 90.6 Å². The third-order valence-electron chi connectivity index (χ3n) is 5.06. The summed E-state index contributed by atoms with van der Waals surface area (Å²) in [7, 11) is 0. The van der Waals surface area contributed by atoms with Gasteiger partial charge in [0.2, 0.25) is 11.8 Å². The van der Waals surface area contributed by atoms with Crippen LogP contribution >= 0.6 is 0 Å². The monoisotopic (exact) mass is 397 g/mol. The lowest BCUT2D eigenvalue weighted by molar-refractivity contribution is -0.125. The van der Waals surface area contributed by atoms with Crippen molar-refractivity contribution in [2.45, 2.75) is 19.4 Å². The Morgan fingerprint density at radius 3 is 2.40 bits per heavy atom. The van der Waals surface area contributed by atoms with Crippen LogP contribution in [0.1, 0.15) is 12.5 Å². The molecule has 0 spiro atoms. The largest absolute Gasteiger partial charge is 0.361 e. The highest BCUT2D eigenvalue weighted by atomic mass is 16.2. The molecular formula is C25H23N3O2. The number of carbonyl (C=O) groups is 2. The zero-order valence-electron chi connectivity index (χ0n) is 16.7. The smallest absolute Gasteiger partial charge is 0.247 e. The summed E-state index contributed by atoms with van der Waals surface area (Å²) in [5.74, 6) is -0.495. The molecule has 1 aromatic heterocycles. The SMILES string of the molecule is CC(=O)NC(Cc1c[nH]c2ccccc12)C(=O)Nc1ccccc1-c1ccccc1. The normalized spacial score (nSPS) is 11.8. The minimum Gasteiger partial charge on any atom is -0.361 e. The van der Waals surface area contributed by atoms with E-state index in [1.54, 1.807) is 0 Å². The summed E-state index contributed by atoms with van der Waals surface area (Å²) in [5.41, 5.74) is 4.64. The second kappa shape index (κ2) is 8.66. The first-order valence-corrected chi connectivity index (χ1v) is 9.89. The number of aromatic amines is 1. The Morgan fingerprint density at radius 2 is 1.60 bits per heavy atom. The highest BCUT2D eigenvalue weighted by Crippen LogP contribution is 2.28. The van der Waals surface area contributed by atoms with Gasteiger partial charge in [-0.25, -0.2) is 0 Å². The minimum absolute atomic E-state index is 0.244. The summed E-state index contributed by atoms with van der Waals surface area (Å²) >= 11 is 0. The van der Waals surface area contributed by atoms with Gasteiger partial charge in [0.25, 0.3) is 0 Å². The van der Waals surface area contributed by atoms with E-state index in [0.717, 1.165) is 27.6 Å². The summed E-state index contributed by atoms with van der Waals surface area (Å²) in [5, 5.41) is 6.85. The summed E-state index contributed by atoms with van der Waals surface area (Å²) in [6.45, 7) is 1.42. The van der Waals surface area contributed by atoms with E-state index in [1.807, 2.05) is 85.1 Å². The Bertz CT molecular complexity index is 1180. The fourth-order valence-corrected chi connectivity index (χ4v) is 3.66. The molecule has 4 aromatic rings. The van der Waals surface area contributed by atoms with Crippen LogP contribution in [-0.4, -0.2) is 22.8 Å². The molecule has 0 aliphatic carbocycles. The second-order valence-corrected chi connectivity index (χ2v) is 7.22. The maximum absolute atomic E-state index is 13.2. The molecule has 4 rings (SSSR count). The Labute approximate surface area is 175 Å². The van der Waals surface area contributed by atoms with E-state index in [4.69, 9.17) is 0 Å². The lowest BCUT2D eigenvalue weighted by atomic mass is 10.0. The Kier molecular flexibility index (Phi) is 5.61. The van der Waals surface area contributed by atoms with Crippen LogP contribution in [-0.2, 0) is 16.0 Å². The molecule has 0 saturated heterocycles. The maximum Gasteiger partial charge on any atom is 0.247 e. The standard InChI is InChI=1S/C25H23N3O2/c1-17(29)27-24(15-19-16-26-22-13-7-5-12-21(19)22)25(30)28-23-14-8-6-11-20(23)18-9-3-2-4-10-18/h2-14,16,24,26H,15H2,1H3,(H,27,29)(H,28,30). The minimum atomic E-state index is -0.689. The molecule has 0 radical (unpaired) electrons. The average molecular weight is 397 g/mol. The number of H-pyrrole nitrogens is 1. The molecule has 3 N–H and O–H groups in total. The Balaban J connectivity index is 1.60. The van der Waals surface area contributed by atoms with Crippen LogP contribution in [0, 0.1) is 0 Å². The molecule has 2 amide bonds. The van der Waals surface area contributed by atoms with Gasteiger partial charge in [0.15, 0.2) is 0 Å². The molecule has 3 aromatic carbocycles. The molecule has 1 unspecified atom stereocenters. The van der Waals surface area contributed by atoms with Gasteiger partial charge < -0.3 is 15.6 Å². The van der Waals surface area contributed by atoms with Gasteiger partial charge in [-0.05, 0) is 23.3 Å². The number of carbonyl (C=O) groups excluding carboxylic acids is 2. The van der Waals surface area contributed by atoms with Crippen LogP contribution in [0.15, 0.2) is 85.1 Å². The molecule has 0 fully saturated rings. The molecule has 0 aliphatic heterocycles. The van der Waals surface area contributed by atoms with Crippen molar-refractivity contribution in [1.29, 1.82) is 0 Å². The maximum atomic E-state index is 13.2. The molecule has 0 saturated carbocycles. The first kappa shape index (κ1) is 19.5. The molecule has 5 nitrogen and oxygen atoms in total. The number of nitrogens with one attached hydrogen (secondary N) is 3. The molecule has 1 heterocycles. The molecular weight excluding hydrogens is 374 g/mol. The molecule has 150 valence electrons. The molecule has 0 aliphatic rings. The highest BCUT2D eigenvalue weighted by Gasteiger charge is 2.22. The van der Waals surface area contributed by atoms with Crippen LogP contribution in [0.5, 0.6) is 0 Å². The fourth-order valence-electron chi connectivity index (χ4n) is 3.66. The number of rotatable bonds is 6. The van der Waals surface area contributed by atoms with Gasteiger partial charge in [0.05, 0.1) is 0 Å². The molecule has 30 heavy (non-hydrogen) atoms. The Hall–Kier alpha value is -3.86. The first-order valence-electron chi connectivity index (χ1n) is 9.89. The van der Waals surface area contributed by atoms with Crippen LogP contribution in [0.2, 0.25) is 0 Å². The van der Waals surface area contributed by atoms with Crippen molar-refractivity contribution >= 4 is 28.4 Å². The predicted octanol–water partition coefficient (Wildman–Crippen LogP) is 4.52. The van der Waals surface area contributed by atoms with Crippen LogP contribution < -0.4 is 10.6 Å². The fraction of sp³-hybridized carbons (Fsp3) is 0.120. The van der Waals surface area contributed by atoms with E-state index in [2.05, 4.69) is 15.6 Å². The van der Waals surface area contributed by atoms with E-state index < -0.39 is 6.04 Å². The highest BCUT2D eigenvalue weighted by molar-refractivity contribution is 6.00. The zero-order chi connectivity index (χ0) is 20.9. The Morgan fingerprint density at radius 1 is 0.900 bits per heavy atom. The van der Waals surface area contributed by atoms with Gasteiger partial charge in [-0.1, -0.05) is 66.7 Å². The van der Waals surface area contributed by atoms with Crippen molar-refractivity contribution in [2.24, 2.45) is 0 Å². The van der Waals surface area contributed by atoms with Crippen molar-refractivity contribution in [3.8, 4) is 11.1 Å². The number of aromatic nitrogens is 1. The predicted molar refractivity (Wildman–Crippen MR) is 120 cm³/mol. The van der Waals surface area contributed by atoms with E-state index in [9.17, 15) is 9.59 Å². The van der Waals surface area contributed by atoms with E-state index >= 15 is 0 Å². The topological polar surface area (TPSA) is 74.0 Å². The van der Waals surface area contributed by atoms with Crippen molar-refractivity contribution < 1.29 is 9.59 Å². The van der Waals surface area contributed by atoms with E-state index in [1.165, 1.54) is 6.92 Å². The van der Waals surface area contributed by atoms with Crippen molar-refractivity contribution in [2.75, 3.05) is 5.32 Å². The molecule has 1 atom stereocenters. The third-order valence-corrected chi connectivity index (χ3v) is 5.06. The van der Waals surface area contributed by atoms with Gasteiger partial charge >= 0.3 is 0 Å². The average Bonchev–Trinajstić information content (AvgIpc) is 3.17. The second-order valence-electron chi connectivity index (χ2n) is 7.22. The van der Waals surface area contributed by atoms with E-state index in [0.29, 0.717) is 12.1 Å². The van der Waals surface area contributed by atoms with Crippen molar-refractivity contribution in [3.63, 3.8) is 0 Å². The van der Waals surface area contributed by atoms with Gasteiger partial charge in [-0.2, -0.15) is 0 Å². The zero-order valence-corrected chi connectivity index (χ0v) is 16.7. The van der Waals surface area contributed by atoms with Crippen molar-refractivity contribution in [1.82, 2.24) is 10.3 Å². The molecule has 0 bridgehead atoms. The van der Waals surface area contributed by atoms with Crippen LogP contribution in [0.3, 0.4) is 0 Å². The third kappa shape index (κ3) is 4.25. The van der Waals surface area contributed by atoms with Gasteiger partial charge in [0, 0.05) is 41.7 Å². The lowest BCUT2D eigenvalue weighted by Gasteiger charge is -2.19. The van der Waals surface area contributed by atoms with E-state index in [-0.39, 0.29) is 11.8 Å². The quantitative estimate of drug-likeness (QED) is 0.447. The number of hydrogen-bond acceptors (Lipinski definition) is 2. The number of amides is 2. The summed E-state index contributed by atoms with van der Waals surface area (Å²) < 4.78 is 0. The summed E-state index contributed by atoms with van der Waals surface area (Å²) in [6, 6.07) is 24.8. The number of hydrogen-bond donors (Lipinski definition) is 3. The van der Waals surface area contributed by atoms with Gasteiger partial charge in [-0.3, -0.25) is 9.59 Å². The summed E-state index contributed by atoms with van der Waals surface area (Å²) in [4.78, 5) is 28.2. The van der Waals surface area contributed by atoms with Gasteiger partial charge in [0.1, 0.15) is 6.04 Å². The first-order chi connectivity index (χ1) is 14.6.